The van der Waals surface area contributed by atoms with Gasteiger partial charge in [0.2, 0.25) is 0 Å². The van der Waals surface area contributed by atoms with E-state index in [0.717, 1.165) is 6.42 Å². The third-order valence-electron chi connectivity index (χ3n) is 1.64. The maximum Gasteiger partial charge on any atom is 0.0488 e. The molecule has 1 aliphatic rings. The summed E-state index contributed by atoms with van der Waals surface area (Å²) in [6, 6.07) is 2.14. The maximum atomic E-state index is 8.59. The summed E-state index contributed by atoms with van der Waals surface area (Å²) in [5.41, 5.74) is -0.514. The van der Waals surface area contributed by atoms with Gasteiger partial charge in [-0.1, -0.05) is 0 Å². The number of ether oxygens (including phenoxy) is 1. The van der Waals surface area contributed by atoms with Crippen LogP contribution in [-0.4, -0.2) is 25.8 Å². The molecule has 1 fully saturated rings. The molecule has 0 amide bonds. The zero-order chi connectivity index (χ0) is 6.74. The van der Waals surface area contributed by atoms with E-state index in [4.69, 9.17) is 10.00 Å². The number of hydrogen-bond donors (Lipinski definition) is 0. The Kier molecular flexibility index (Phi) is 1.70. The minimum atomic E-state index is -0.514. The Morgan fingerprint density at radius 2 is 2.56 bits per heavy atom. The molecule has 1 rings (SSSR count). The molecular weight excluding hydrogens is 116 g/mol. The molecule has 3 nitrogen and oxygen atoms in total. The second-order valence-corrected chi connectivity index (χ2v) is 2.17. The lowest BCUT2D eigenvalue weighted by molar-refractivity contribution is 0.190. The quantitative estimate of drug-likeness (QED) is 0.517. The first kappa shape index (κ1) is 6.53. The van der Waals surface area contributed by atoms with Crippen molar-refractivity contribution in [3.63, 3.8) is 0 Å². The summed E-state index contributed by atoms with van der Waals surface area (Å²) in [6.07, 6.45) is 0.750. The molecule has 0 radical (unpaired) electrons. The predicted molar refractivity (Wildman–Crippen MR) is 33.1 cm³/mol. The van der Waals surface area contributed by atoms with Crippen molar-refractivity contribution in [3.8, 4) is 6.07 Å². The smallest absolute Gasteiger partial charge is 0.0488 e. The largest absolute Gasteiger partial charge is 0.645 e. The molecule has 0 aliphatic carbocycles. The first-order valence-electron chi connectivity index (χ1n) is 2.93. The minimum absolute atomic E-state index is 0.472. The van der Waals surface area contributed by atoms with Crippen molar-refractivity contribution in [3.05, 3.63) is 5.32 Å². The molecule has 0 aromatic rings. The molecule has 0 aromatic carbocycles. The van der Waals surface area contributed by atoms with Crippen LogP contribution in [0.5, 0.6) is 0 Å². The average Bonchev–Trinajstić information content (AvgIpc) is 2.36. The Bertz CT molecular complexity index is 132. The van der Waals surface area contributed by atoms with E-state index in [0.29, 0.717) is 13.2 Å². The highest BCUT2D eigenvalue weighted by molar-refractivity contribution is 5.20. The Hall–Kier alpha value is -0.590. The molecule has 1 atom stereocenters. The standard InChI is InChI=1S/C6H9N2O/c1-8-6(4-7)2-3-9-5-6/h2-3,5H2,1H3/q-1. The molecule has 1 unspecified atom stereocenters. The van der Waals surface area contributed by atoms with Crippen LogP contribution in [0.15, 0.2) is 0 Å². The van der Waals surface area contributed by atoms with Crippen LogP contribution in [0.25, 0.3) is 5.32 Å². The van der Waals surface area contributed by atoms with E-state index in [1.165, 1.54) is 0 Å². The SMILES string of the molecule is C[N-]C1(C#N)CCOC1. The fraction of sp³-hybridized carbons (Fsp3) is 0.833. The molecule has 3 heteroatoms. The van der Waals surface area contributed by atoms with Gasteiger partial charge in [0.05, 0.1) is 0 Å². The summed E-state index contributed by atoms with van der Waals surface area (Å²) < 4.78 is 5.03. The predicted octanol–water partition coefficient (Wildman–Crippen LogP) is 0.673. The summed E-state index contributed by atoms with van der Waals surface area (Å²) in [5, 5.41) is 12.5. The van der Waals surface area contributed by atoms with Crippen LogP contribution in [-0.2, 0) is 4.74 Å². The van der Waals surface area contributed by atoms with Crippen LogP contribution in [0.3, 0.4) is 0 Å². The Labute approximate surface area is 54.6 Å². The Morgan fingerprint density at radius 3 is 2.78 bits per heavy atom. The highest BCUT2D eigenvalue weighted by Gasteiger charge is 2.23. The van der Waals surface area contributed by atoms with E-state index in [9.17, 15) is 0 Å². The van der Waals surface area contributed by atoms with Gasteiger partial charge in [-0.05, 0) is 12.0 Å². The van der Waals surface area contributed by atoms with E-state index in [1.807, 2.05) is 0 Å². The van der Waals surface area contributed by atoms with Crippen molar-refractivity contribution in [2.24, 2.45) is 0 Å². The van der Waals surface area contributed by atoms with Gasteiger partial charge >= 0.3 is 0 Å². The van der Waals surface area contributed by atoms with E-state index in [1.54, 1.807) is 7.05 Å². The fourth-order valence-corrected chi connectivity index (χ4v) is 0.869. The Balaban J connectivity index is 2.59. The lowest BCUT2D eigenvalue weighted by Gasteiger charge is -2.30. The van der Waals surface area contributed by atoms with Crippen molar-refractivity contribution in [2.45, 2.75) is 12.0 Å². The lowest BCUT2D eigenvalue weighted by atomic mass is 10.0. The second kappa shape index (κ2) is 2.34. The molecule has 1 heterocycles. The molecule has 1 saturated heterocycles. The van der Waals surface area contributed by atoms with Gasteiger partial charge < -0.3 is 10.1 Å². The summed E-state index contributed by atoms with van der Waals surface area (Å²) >= 11 is 0. The number of likely N-dealkylation sites (N-methyl/N-ethyl adjacent to an activating group) is 1. The molecule has 50 valence electrons. The van der Waals surface area contributed by atoms with Crippen molar-refractivity contribution in [2.75, 3.05) is 20.3 Å². The lowest BCUT2D eigenvalue weighted by Crippen LogP contribution is -2.24. The van der Waals surface area contributed by atoms with Gasteiger partial charge in [0.1, 0.15) is 0 Å². The van der Waals surface area contributed by atoms with Gasteiger partial charge in [-0.25, -0.2) is 0 Å². The molecular formula is C6H9N2O-. The summed E-state index contributed by atoms with van der Waals surface area (Å²) in [5.74, 6) is 0. The Morgan fingerprint density at radius 1 is 1.78 bits per heavy atom. The van der Waals surface area contributed by atoms with Crippen LogP contribution >= 0.6 is 0 Å². The normalized spacial score (nSPS) is 34.2. The van der Waals surface area contributed by atoms with Crippen LogP contribution in [0.4, 0.5) is 0 Å². The molecule has 0 bridgehead atoms. The van der Waals surface area contributed by atoms with E-state index in [-0.39, 0.29) is 0 Å². The number of rotatable bonds is 1. The minimum Gasteiger partial charge on any atom is -0.645 e. The topological polar surface area (TPSA) is 47.1 Å². The summed E-state index contributed by atoms with van der Waals surface area (Å²) in [7, 11) is 1.66. The first-order valence-corrected chi connectivity index (χ1v) is 2.93. The highest BCUT2D eigenvalue weighted by Crippen LogP contribution is 2.24. The molecule has 1 aliphatic heterocycles. The van der Waals surface area contributed by atoms with Gasteiger partial charge in [0.25, 0.3) is 0 Å². The van der Waals surface area contributed by atoms with Crippen LogP contribution in [0.2, 0.25) is 0 Å². The molecule has 0 spiro atoms. The van der Waals surface area contributed by atoms with Gasteiger partial charge in [0.15, 0.2) is 0 Å². The highest BCUT2D eigenvalue weighted by atomic mass is 16.5. The average molecular weight is 125 g/mol. The van der Waals surface area contributed by atoms with Gasteiger partial charge in [-0.15, -0.1) is 0 Å². The van der Waals surface area contributed by atoms with E-state index >= 15 is 0 Å². The zero-order valence-corrected chi connectivity index (χ0v) is 5.42. The monoisotopic (exact) mass is 125 g/mol. The third kappa shape index (κ3) is 1.04. The third-order valence-corrected chi connectivity index (χ3v) is 1.64. The summed E-state index contributed by atoms with van der Waals surface area (Å²) in [6.45, 7) is 1.14. The van der Waals surface area contributed by atoms with Gasteiger partial charge in [-0.2, -0.15) is 12.3 Å². The second-order valence-electron chi connectivity index (χ2n) is 2.17. The fourth-order valence-electron chi connectivity index (χ4n) is 0.869. The van der Waals surface area contributed by atoms with Gasteiger partial charge in [0, 0.05) is 19.3 Å². The van der Waals surface area contributed by atoms with E-state index < -0.39 is 5.54 Å². The van der Waals surface area contributed by atoms with Crippen LogP contribution in [0.1, 0.15) is 6.42 Å². The van der Waals surface area contributed by atoms with Crippen LogP contribution < -0.4 is 0 Å². The molecule has 0 aromatic heterocycles. The van der Waals surface area contributed by atoms with E-state index in [2.05, 4.69) is 11.4 Å². The van der Waals surface area contributed by atoms with Crippen molar-refractivity contribution >= 4 is 0 Å². The number of hydrogen-bond acceptors (Lipinski definition) is 2. The van der Waals surface area contributed by atoms with Crippen LogP contribution in [0, 0.1) is 11.3 Å². The van der Waals surface area contributed by atoms with Crippen molar-refractivity contribution in [1.82, 2.24) is 0 Å². The first-order chi connectivity index (χ1) is 4.33. The number of nitrogens with zero attached hydrogens (tertiary/aromatic N) is 2. The number of nitriles is 1. The molecule has 9 heavy (non-hydrogen) atoms. The van der Waals surface area contributed by atoms with Gasteiger partial charge in [-0.3, -0.25) is 0 Å². The zero-order valence-electron chi connectivity index (χ0n) is 5.42. The van der Waals surface area contributed by atoms with Crippen molar-refractivity contribution in [1.29, 1.82) is 5.26 Å². The summed E-state index contributed by atoms with van der Waals surface area (Å²) in [4.78, 5) is 0. The molecule has 0 N–H and O–H groups in total. The molecule has 0 saturated carbocycles. The maximum absolute atomic E-state index is 8.59. The van der Waals surface area contributed by atoms with Crippen molar-refractivity contribution < 1.29 is 4.74 Å².